The summed E-state index contributed by atoms with van der Waals surface area (Å²) >= 11 is 0. The van der Waals surface area contributed by atoms with Gasteiger partial charge in [0.25, 0.3) is 0 Å². The highest BCUT2D eigenvalue weighted by Gasteiger charge is 2.14. The third-order valence-electron chi connectivity index (χ3n) is 4.83. The van der Waals surface area contributed by atoms with Crippen LogP contribution in [0.25, 0.3) is 0 Å². The molecular weight excluding hydrogens is 330 g/mol. The Bertz CT molecular complexity index is 371. The zero-order chi connectivity index (χ0) is 19.5. The smallest absolute Gasteiger partial charge is 0.303 e. The predicted octanol–water partition coefficient (Wildman–Crippen LogP) is 4.80. The van der Waals surface area contributed by atoms with Gasteiger partial charge in [-0.1, -0.05) is 70.6 Å². The van der Waals surface area contributed by atoms with Gasteiger partial charge in [0.2, 0.25) is 0 Å². The first kappa shape index (κ1) is 24.8. The Morgan fingerprint density at radius 2 is 1.15 bits per heavy atom. The summed E-state index contributed by atoms with van der Waals surface area (Å²) in [6, 6.07) is -0.615. The zero-order valence-corrected chi connectivity index (χ0v) is 16.4. The van der Waals surface area contributed by atoms with Crippen LogP contribution >= 0.6 is 0 Å². The molecule has 26 heavy (non-hydrogen) atoms. The van der Waals surface area contributed by atoms with E-state index in [1.807, 2.05) is 0 Å². The molecule has 0 fully saturated rings. The van der Waals surface area contributed by atoms with Gasteiger partial charge in [-0.25, -0.2) is 0 Å². The lowest BCUT2D eigenvalue weighted by Crippen LogP contribution is -2.30. The maximum Gasteiger partial charge on any atom is 0.303 e. The largest absolute Gasteiger partial charge is 0.481 e. The van der Waals surface area contributed by atoms with Gasteiger partial charge in [0, 0.05) is 19.3 Å². The number of aliphatic carboxylic acids is 1. The molecule has 1 atom stereocenters. The van der Waals surface area contributed by atoms with Gasteiger partial charge in [-0.2, -0.15) is 0 Å². The second-order valence-electron chi connectivity index (χ2n) is 7.31. The second-order valence-corrected chi connectivity index (χ2v) is 7.31. The van der Waals surface area contributed by atoms with Crippen molar-refractivity contribution in [3.8, 4) is 0 Å². The summed E-state index contributed by atoms with van der Waals surface area (Å²) in [5.74, 6) is -0.903. The van der Waals surface area contributed by atoms with E-state index in [1.54, 1.807) is 0 Å². The first-order valence-corrected chi connectivity index (χ1v) is 10.5. The predicted molar refractivity (Wildman–Crippen MR) is 105 cm³/mol. The molecule has 0 aliphatic rings. The molecule has 3 N–H and O–H groups in total. The molecule has 0 rings (SSSR count). The van der Waals surface area contributed by atoms with Gasteiger partial charge in [-0.3, -0.25) is 9.59 Å². The average molecular weight is 370 g/mol. The van der Waals surface area contributed by atoms with E-state index in [0.717, 1.165) is 32.0 Å². The molecule has 0 spiro atoms. The lowest BCUT2D eigenvalue weighted by atomic mass is 10.0. The fraction of sp³-hybridized carbons (Fsp3) is 0.857. The van der Waals surface area contributed by atoms with Crippen LogP contribution in [0.2, 0.25) is 0 Å². The molecule has 0 saturated heterocycles. The van der Waals surface area contributed by atoms with Crippen LogP contribution in [0.1, 0.15) is 109 Å². The van der Waals surface area contributed by atoms with Gasteiger partial charge in [0.15, 0.2) is 0 Å². The quantitative estimate of drug-likeness (QED) is 0.237. The van der Waals surface area contributed by atoms with E-state index < -0.39 is 12.0 Å². The van der Waals surface area contributed by atoms with Crippen molar-refractivity contribution in [2.45, 2.75) is 115 Å². The van der Waals surface area contributed by atoms with Crippen LogP contribution < -0.4 is 5.73 Å². The minimum Gasteiger partial charge on any atom is -0.481 e. The maximum atomic E-state index is 11.8. The van der Waals surface area contributed by atoms with Crippen LogP contribution in [0.3, 0.4) is 0 Å². The number of nitrogens with two attached hydrogens (primary N) is 1. The number of aldehydes is 1. The number of rotatable bonds is 20. The van der Waals surface area contributed by atoms with Crippen LogP contribution in [-0.4, -0.2) is 29.2 Å². The van der Waals surface area contributed by atoms with Gasteiger partial charge < -0.3 is 15.6 Å². The lowest BCUT2D eigenvalue weighted by Gasteiger charge is -2.08. The van der Waals surface area contributed by atoms with Gasteiger partial charge in [0.05, 0.1) is 6.04 Å². The SMILES string of the molecule is N[C@@H](CCC(=O)O)C(=O)CCCCCCCCCCCCCCCC=O. The Labute approximate surface area is 159 Å². The molecule has 0 bridgehead atoms. The van der Waals surface area contributed by atoms with Crippen molar-refractivity contribution in [3.63, 3.8) is 0 Å². The minimum absolute atomic E-state index is 0.00240. The van der Waals surface area contributed by atoms with E-state index in [1.165, 1.54) is 57.8 Å². The third-order valence-corrected chi connectivity index (χ3v) is 4.83. The number of unbranched alkanes of at least 4 members (excludes halogenated alkanes) is 13. The molecule has 152 valence electrons. The lowest BCUT2D eigenvalue weighted by molar-refractivity contribution is -0.137. The molecule has 5 heteroatoms. The highest BCUT2D eigenvalue weighted by molar-refractivity contribution is 5.84. The average Bonchev–Trinajstić information content (AvgIpc) is 2.62. The van der Waals surface area contributed by atoms with Gasteiger partial charge in [-0.15, -0.1) is 0 Å². The number of hydrogen-bond acceptors (Lipinski definition) is 4. The van der Waals surface area contributed by atoms with Crippen molar-refractivity contribution in [1.29, 1.82) is 0 Å². The van der Waals surface area contributed by atoms with Crippen LogP contribution in [0, 0.1) is 0 Å². The number of carboxylic acids is 1. The number of hydrogen-bond donors (Lipinski definition) is 2. The van der Waals surface area contributed by atoms with Crippen LogP contribution in [-0.2, 0) is 14.4 Å². The number of carbonyl (C=O) groups is 3. The van der Waals surface area contributed by atoms with Crippen LogP contribution in [0.5, 0.6) is 0 Å². The second kappa shape index (κ2) is 18.6. The number of ketones is 1. The van der Waals surface area contributed by atoms with Crippen LogP contribution in [0.15, 0.2) is 0 Å². The third kappa shape index (κ3) is 17.6. The first-order valence-electron chi connectivity index (χ1n) is 10.5. The van der Waals surface area contributed by atoms with Crippen molar-refractivity contribution < 1.29 is 19.5 Å². The highest BCUT2D eigenvalue weighted by Crippen LogP contribution is 2.13. The Morgan fingerprint density at radius 3 is 1.58 bits per heavy atom. The molecular formula is C21H39NO4. The van der Waals surface area contributed by atoms with E-state index in [4.69, 9.17) is 10.8 Å². The topological polar surface area (TPSA) is 97.5 Å². The first-order chi connectivity index (χ1) is 12.6. The Morgan fingerprint density at radius 1 is 0.731 bits per heavy atom. The summed E-state index contributed by atoms with van der Waals surface area (Å²) in [4.78, 5) is 32.4. The minimum atomic E-state index is -0.900. The Balaban J connectivity index is 3.25. The Hall–Kier alpha value is -1.23. The highest BCUT2D eigenvalue weighted by atomic mass is 16.4. The molecule has 0 aromatic heterocycles. The van der Waals surface area contributed by atoms with Gasteiger partial charge in [0.1, 0.15) is 12.1 Å². The van der Waals surface area contributed by atoms with Gasteiger partial charge in [-0.05, 0) is 19.3 Å². The normalized spacial score (nSPS) is 12.0. The van der Waals surface area contributed by atoms with E-state index in [2.05, 4.69) is 0 Å². The molecule has 0 unspecified atom stereocenters. The fourth-order valence-corrected chi connectivity index (χ4v) is 3.10. The summed E-state index contributed by atoms with van der Waals surface area (Å²) in [7, 11) is 0. The van der Waals surface area contributed by atoms with Crippen molar-refractivity contribution in [2.75, 3.05) is 0 Å². The molecule has 0 saturated carbocycles. The van der Waals surface area contributed by atoms with Crippen molar-refractivity contribution in [2.24, 2.45) is 5.73 Å². The molecule has 0 aliphatic heterocycles. The summed E-state index contributed by atoms with van der Waals surface area (Å²) in [6.07, 6.45) is 18.0. The monoisotopic (exact) mass is 369 g/mol. The number of Topliss-reactive ketones (excluding diaryl/α,β-unsaturated/α-hetero) is 1. The van der Waals surface area contributed by atoms with Crippen molar-refractivity contribution in [3.05, 3.63) is 0 Å². The number of carbonyl (C=O) groups excluding carboxylic acids is 2. The van der Waals surface area contributed by atoms with Crippen molar-refractivity contribution in [1.82, 2.24) is 0 Å². The molecule has 0 aliphatic carbocycles. The van der Waals surface area contributed by atoms with E-state index in [0.29, 0.717) is 12.8 Å². The summed E-state index contributed by atoms with van der Waals surface area (Å²) in [5.41, 5.74) is 5.70. The molecule has 5 nitrogen and oxygen atoms in total. The summed E-state index contributed by atoms with van der Waals surface area (Å²) in [6.45, 7) is 0. The molecule has 0 amide bonds. The van der Waals surface area contributed by atoms with Gasteiger partial charge >= 0.3 is 5.97 Å². The number of carboxylic acid groups (broad SMARTS) is 1. The van der Waals surface area contributed by atoms with E-state index >= 15 is 0 Å². The molecule has 0 aromatic rings. The Kier molecular flexibility index (Phi) is 17.7. The van der Waals surface area contributed by atoms with Crippen LogP contribution in [0.4, 0.5) is 0 Å². The standard InChI is InChI=1S/C21H39NO4/c22-19(16-17-21(25)26)20(24)15-13-11-9-7-5-3-1-2-4-6-8-10-12-14-18-23/h18-19H,1-17,22H2,(H,25,26)/t19-/m0/s1. The molecule has 0 radical (unpaired) electrons. The molecule has 0 heterocycles. The maximum absolute atomic E-state index is 11.8. The summed E-state index contributed by atoms with van der Waals surface area (Å²) < 4.78 is 0. The molecule has 0 aromatic carbocycles. The van der Waals surface area contributed by atoms with E-state index in [9.17, 15) is 14.4 Å². The fourth-order valence-electron chi connectivity index (χ4n) is 3.10. The van der Waals surface area contributed by atoms with Crippen molar-refractivity contribution >= 4 is 18.0 Å². The zero-order valence-electron chi connectivity index (χ0n) is 16.4. The van der Waals surface area contributed by atoms with E-state index in [-0.39, 0.29) is 18.6 Å². The summed E-state index contributed by atoms with van der Waals surface area (Å²) in [5, 5.41) is 8.58.